The van der Waals surface area contributed by atoms with Crippen molar-refractivity contribution in [1.82, 2.24) is 10.2 Å². The molecule has 0 aromatic heterocycles. The molecule has 0 bridgehead atoms. The van der Waals surface area contributed by atoms with Gasteiger partial charge in [0.2, 0.25) is 0 Å². The number of carboxylic acid groups (broad SMARTS) is 1. The van der Waals surface area contributed by atoms with Gasteiger partial charge in [0.05, 0.1) is 12.1 Å². The predicted octanol–water partition coefficient (Wildman–Crippen LogP) is 4.41. The van der Waals surface area contributed by atoms with Crippen LogP contribution in [0.1, 0.15) is 76.4 Å². The van der Waals surface area contributed by atoms with E-state index in [9.17, 15) is 19.8 Å². The second-order valence-electron chi connectivity index (χ2n) is 9.55. The summed E-state index contributed by atoms with van der Waals surface area (Å²) in [6, 6.07) is 3.60. The third kappa shape index (κ3) is 5.45. The highest BCUT2D eigenvalue weighted by molar-refractivity contribution is 5.97. The monoisotopic (exact) mass is 420 g/mol. The topological polar surface area (TPSA) is 99.1 Å². The van der Waals surface area contributed by atoms with Gasteiger partial charge < -0.3 is 25.2 Å². The first-order chi connectivity index (χ1) is 14.0. The van der Waals surface area contributed by atoms with Gasteiger partial charge in [0.25, 0.3) is 5.91 Å². The van der Waals surface area contributed by atoms with Gasteiger partial charge in [0.15, 0.2) is 0 Å². The van der Waals surface area contributed by atoms with Crippen molar-refractivity contribution in [3.8, 4) is 5.75 Å². The summed E-state index contributed by atoms with van der Waals surface area (Å²) < 4.78 is 6.30. The van der Waals surface area contributed by atoms with E-state index < -0.39 is 29.7 Å². The lowest BCUT2D eigenvalue weighted by molar-refractivity contribution is -0.0475. The van der Waals surface area contributed by atoms with E-state index in [1.807, 2.05) is 34.6 Å². The average molecular weight is 421 g/mol. The SMILES string of the molecule is CCCCOC1c2cc(O)ccc2C(=O)N(CC(C)C)C1C(NC(=O)O)C(C)(C)C. The van der Waals surface area contributed by atoms with Gasteiger partial charge in [0, 0.05) is 18.7 Å². The van der Waals surface area contributed by atoms with E-state index in [-0.39, 0.29) is 17.6 Å². The molecule has 1 aromatic rings. The minimum atomic E-state index is -1.14. The lowest BCUT2D eigenvalue weighted by atomic mass is 9.75. The molecule has 1 aromatic carbocycles. The number of benzene rings is 1. The summed E-state index contributed by atoms with van der Waals surface area (Å²) in [7, 11) is 0. The van der Waals surface area contributed by atoms with Crippen molar-refractivity contribution in [3.05, 3.63) is 29.3 Å². The second kappa shape index (κ2) is 9.69. The summed E-state index contributed by atoms with van der Waals surface area (Å²) in [5.41, 5.74) is 0.635. The first-order valence-electron chi connectivity index (χ1n) is 10.7. The zero-order chi connectivity index (χ0) is 22.6. The minimum Gasteiger partial charge on any atom is -0.508 e. The van der Waals surface area contributed by atoms with Gasteiger partial charge in [-0.3, -0.25) is 4.79 Å². The molecule has 0 saturated heterocycles. The normalized spacial score (nSPS) is 20.2. The van der Waals surface area contributed by atoms with Crippen LogP contribution in [0.15, 0.2) is 18.2 Å². The van der Waals surface area contributed by atoms with Gasteiger partial charge in [-0.05, 0) is 41.5 Å². The fourth-order valence-corrected chi connectivity index (χ4v) is 4.06. The van der Waals surface area contributed by atoms with Crippen LogP contribution in [0.3, 0.4) is 0 Å². The van der Waals surface area contributed by atoms with Gasteiger partial charge in [-0.2, -0.15) is 0 Å². The summed E-state index contributed by atoms with van der Waals surface area (Å²) in [4.78, 5) is 26.9. The van der Waals surface area contributed by atoms with Gasteiger partial charge >= 0.3 is 6.09 Å². The van der Waals surface area contributed by atoms with Crippen LogP contribution in [0.2, 0.25) is 0 Å². The van der Waals surface area contributed by atoms with Crippen LogP contribution in [0.4, 0.5) is 4.79 Å². The molecule has 0 saturated carbocycles. The molecule has 7 nitrogen and oxygen atoms in total. The molecule has 7 heteroatoms. The molecule has 2 rings (SSSR count). The largest absolute Gasteiger partial charge is 0.508 e. The average Bonchev–Trinajstić information content (AvgIpc) is 2.62. The molecule has 3 unspecified atom stereocenters. The lowest BCUT2D eigenvalue weighted by Crippen LogP contribution is -2.63. The van der Waals surface area contributed by atoms with Gasteiger partial charge in [-0.15, -0.1) is 0 Å². The summed E-state index contributed by atoms with van der Waals surface area (Å²) >= 11 is 0. The summed E-state index contributed by atoms with van der Waals surface area (Å²) in [6.45, 7) is 12.9. The number of unbranched alkanes of at least 4 members (excludes halogenated alkanes) is 1. The highest BCUT2D eigenvalue weighted by Crippen LogP contribution is 2.41. The molecule has 2 amide bonds. The summed E-state index contributed by atoms with van der Waals surface area (Å²) in [5.74, 6) is 0.0811. The number of aromatic hydroxyl groups is 1. The molecule has 3 N–H and O–H groups in total. The van der Waals surface area contributed by atoms with Crippen LogP contribution in [-0.4, -0.2) is 52.3 Å². The van der Waals surface area contributed by atoms with Crippen molar-refractivity contribution in [1.29, 1.82) is 0 Å². The van der Waals surface area contributed by atoms with Crippen molar-refractivity contribution in [2.24, 2.45) is 11.3 Å². The Morgan fingerprint density at radius 1 is 1.30 bits per heavy atom. The Bertz CT molecular complexity index is 756. The number of ether oxygens (including phenoxy) is 1. The Labute approximate surface area is 179 Å². The summed E-state index contributed by atoms with van der Waals surface area (Å²) in [5, 5.41) is 22.3. The number of nitrogens with one attached hydrogen (secondary N) is 1. The van der Waals surface area contributed by atoms with Crippen molar-refractivity contribution < 1.29 is 24.5 Å². The first-order valence-corrected chi connectivity index (χ1v) is 10.7. The highest BCUT2D eigenvalue weighted by atomic mass is 16.5. The Morgan fingerprint density at radius 3 is 2.50 bits per heavy atom. The number of hydrogen-bond acceptors (Lipinski definition) is 4. The zero-order valence-corrected chi connectivity index (χ0v) is 18.9. The molecule has 30 heavy (non-hydrogen) atoms. The van der Waals surface area contributed by atoms with E-state index in [4.69, 9.17) is 4.74 Å². The highest BCUT2D eigenvalue weighted by Gasteiger charge is 2.48. The van der Waals surface area contributed by atoms with Crippen molar-refractivity contribution in [3.63, 3.8) is 0 Å². The molecule has 0 spiro atoms. The number of phenols is 1. The molecular formula is C23H36N2O5. The molecule has 1 aliphatic rings. The van der Waals surface area contributed by atoms with Crippen LogP contribution in [0, 0.1) is 11.3 Å². The van der Waals surface area contributed by atoms with Crippen LogP contribution in [0.25, 0.3) is 0 Å². The van der Waals surface area contributed by atoms with Gasteiger partial charge in [0.1, 0.15) is 11.9 Å². The number of rotatable bonds is 8. The van der Waals surface area contributed by atoms with Crippen LogP contribution in [0.5, 0.6) is 5.75 Å². The first kappa shape index (κ1) is 24.0. The van der Waals surface area contributed by atoms with Gasteiger partial charge in [-0.1, -0.05) is 48.0 Å². The second-order valence-corrected chi connectivity index (χ2v) is 9.55. The van der Waals surface area contributed by atoms with E-state index in [1.165, 1.54) is 6.07 Å². The van der Waals surface area contributed by atoms with E-state index in [0.717, 1.165) is 12.8 Å². The lowest BCUT2D eigenvalue weighted by Gasteiger charge is -2.49. The fraction of sp³-hybridized carbons (Fsp3) is 0.652. The Hall–Kier alpha value is -2.28. The molecule has 168 valence electrons. The number of carbonyl (C=O) groups is 2. The maximum absolute atomic E-state index is 13.5. The maximum Gasteiger partial charge on any atom is 0.404 e. The van der Waals surface area contributed by atoms with E-state index in [2.05, 4.69) is 12.2 Å². The molecule has 0 radical (unpaired) electrons. The molecule has 0 aliphatic carbocycles. The number of nitrogens with zero attached hydrogens (tertiary/aromatic N) is 1. The molecule has 0 fully saturated rings. The van der Waals surface area contributed by atoms with Crippen molar-refractivity contribution >= 4 is 12.0 Å². The van der Waals surface area contributed by atoms with Gasteiger partial charge in [-0.25, -0.2) is 4.79 Å². The predicted molar refractivity (Wildman–Crippen MR) is 116 cm³/mol. The number of phenolic OH excluding ortho intramolecular Hbond substituents is 1. The number of hydrogen-bond donors (Lipinski definition) is 3. The third-order valence-corrected chi connectivity index (χ3v) is 5.41. The van der Waals surface area contributed by atoms with Crippen LogP contribution in [-0.2, 0) is 4.74 Å². The minimum absolute atomic E-state index is 0.0557. The quantitative estimate of drug-likeness (QED) is 0.541. The maximum atomic E-state index is 13.5. The Balaban J connectivity index is 2.67. The standard InChI is InChI=1S/C23H36N2O5/c1-7-8-11-30-19-17-12-15(26)9-10-16(17)21(27)25(13-14(2)3)18(19)20(23(4,5)6)24-22(28)29/h9-10,12,14,18-20,24,26H,7-8,11,13H2,1-6H3,(H,28,29). The Morgan fingerprint density at radius 2 is 1.97 bits per heavy atom. The van der Waals surface area contributed by atoms with E-state index in [1.54, 1.807) is 17.0 Å². The van der Waals surface area contributed by atoms with E-state index in [0.29, 0.717) is 24.3 Å². The zero-order valence-electron chi connectivity index (χ0n) is 18.9. The molecular weight excluding hydrogens is 384 g/mol. The van der Waals surface area contributed by atoms with Crippen molar-refractivity contribution in [2.45, 2.75) is 72.6 Å². The van der Waals surface area contributed by atoms with Crippen LogP contribution >= 0.6 is 0 Å². The summed E-state index contributed by atoms with van der Waals surface area (Å²) in [6.07, 6.45) is 0.115. The third-order valence-electron chi connectivity index (χ3n) is 5.41. The fourth-order valence-electron chi connectivity index (χ4n) is 4.06. The number of fused-ring (bicyclic) bond motifs is 1. The van der Waals surface area contributed by atoms with Crippen molar-refractivity contribution in [2.75, 3.05) is 13.2 Å². The molecule has 1 aliphatic heterocycles. The van der Waals surface area contributed by atoms with Crippen LogP contribution < -0.4 is 5.32 Å². The smallest absolute Gasteiger partial charge is 0.404 e. The molecule has 1 heterocycles. The Kier molecular flexibility index (Phi) is 7.75. The number of carbonyl (C=O) groups excluding carboxylic acids is 1. The van der Waals surface area contributed by atoms with E-state index >= 15 is 0 Å². The number of amides is 2. The molecule has 3 atom stereocenters.